The molecule has 0 saturated carbocycles. The summed E-state index contributed by atoms with van der Waals surface area (Å²) in [4.78, 5) is 12.0. The fourth-order valence-corrected chi connectivity index (χ4v) is 2.90. The van der Waals surface area contributed by atoms with E-state index in [4.69, 9.17) is 16.0 Å². The van der Waals surface area contributed by atoms with Crippen LogP contribution in [-0.4, -0.2) is 21.9 Å². The lowest BCUT2D eigenvalue weighted by Gasteiger charge is -2.04. The molecule has 7 heteroatoms. The van der Waals surface area contributed by atoms with Crippen molar-refractivity contribution in [2.75, 3.05) is 11.1 Å². The zero-order valence-electron chi connectivity index (χ0n) is 13.7. The van der Waals surface area contributed by atoms with Gasteiger partial charge in [0, 0.05) is 16.3 Å². The first-order chi connectivity index (χ1) is 12.0. The zero-order valence-corrected chi connectivity index (χ0v) is 15.3. The number of rotatable bonds is 5. The minimum atomic E-state index is -0.168. The summed E-state index contributed by atoms with van der Waals surface area (Å²) < 4.78 is 5.62. The number of benzene rings is 2. The number of carbonyl (C=O) groups excluding carboxylic acids is 1. The van der Waals surface area contributed by atoms with Crippen LogP contribution in [0.25, 0.3) is 11.5 Å². The van der Waals surface area contributed by atoms with Crippen molar-refractivity contribution in [3.8, 4) is 11.5 Å². The van der Waals surface area contributed by atoms with Gasteiger partial charge in [-0.1, -0.05) is 35.5 Å². The molecule has 0 bridgehead atoms. The molecule has 0 radical (unpaired) electrons. The van der Waals surface area contributed by atoms with Gasteiger partial charge in [-0.05, 0) is 55.3 Å². The predicted octanol–water partition coefficient (Wildman–Crippen LogP) is 4.74. The van der Waals surface area contributed by atoms with Crippen LogP contribution in [0.2, 0.25) is 5.02 Å². The molecule has 0 spiro atoms. The number of amides is 1. The number of aromatic nitrogens is 2. The molecule has 1 N–H and O–H groups in total. The van der Waals surface area contributed by atoms with E-state index in [1.54, 1.807) is 24.3 Å². The molecule has 2 aromatic carbocycles. The maximum Gasteiger partial charge on any atom is 0.277 e. The van der Waals surface area contributed by atoms with Gasteiger partial charge in [0.2, 0.25) is 11.8 Å². The summed E-state index contributed by atoms with van der Waals surface area (Å²) in [5.74, 6) is 0.445. The lowest BCUT2D eigenvalue weighted by molar-refractivity contribution is -0.113. The predicted molar refractivity (Wildman–Crippen MR) is 100 cm³/mol. The first-order valence-electron chi connectivity index (χ1n) is 7.60. The molecule has 0 aliphatic carbocycles. The molecule has 0 saturated heterocycles. The van der Waals surface area contributed by atoms with Crippen LogP contribution in [0.3, 0.4) is 0 Å². The van der Waals surface area contributed by atoms with E-state index < -0.39 is 0 Å². The number of carbonyl (C=O) groups is 1. The maximum atomic E-state index is 12.0. The topological polar surface area (TPSA) is 68.0 Å². The highest BCUT2D eigenvalue weighted by Crippen LogP contribution is 2.25. The highest BCUT2D eigenvalue weighted by atomic mass is 35.5. The van der Waals surface area contributed by atoms with Crippen LogP contribution in [0.5, 0.6) is 0 Å². The van der Waals surface area contributed by atoms with Gasteiger partial charge in [0.25, 0.3) is 5.22 Å². The summed E-state index contributed by atoms with van der Waals surface area (Å²) >= 11 is 7.08. The quantitative estimate of drug-likeness (QED) is 0.654. The number of halogens is 1. The van der Waals surface area contributed by atoms with E-state index in [9.17, 15) is 4.79 Å². The third kappa shape index (κ3) is 4.61. The molecular formula is C18H16ClN3O2S. The fraction of sp³-hybridized carbons (Fsp3) is 0.167. The van der Waals surface area contributed by atoms with Gasteiger partial charge in [0.1, 0.15) is 0 Å². The molecule has 0 aliphatic heterocycles. The van der Waals surface area contributed by atoms with E-state index in [2.05, 4.69) is 15.5 Å². The van der Waals surface area contributed by atoms with Crippen molar-refractivity contribution < 1.29 is 9.21 Å². The first kappa shape index (κ1) is 17.5. The second-order valence-electron chi connectivity index (χ2n) is 5.52. The van der Waals surface area contributed by atoms with Gasteiger partial charge in [0.05, 0.1) is 5.75 Å². The van der Waals surface area contributed by atoms with E-state index in [1.165, 1.54) is 17.3 Å². The first-order valence-corrected chi connectivity index (χ1v) is 8.97. The molecule has 1 amide bonds. The Labute approximate surface area is 154 Å². The lowest BCUT2D eigenvalue weighted by atomic mass is 10.1. The number of anilines is 1. The Kier molecular flexibility index (Phi) is 5.40. The van der Waals surface area contributed by atoms with Gasteiger partial charge < -0.3 is 9.73 Å². The number of aryl methyl sites for hydroxylation is 2. The summed E-state index contributed by atoms with van der Waals surface area (Å²) in [6.45, 7) is 4.08. The highest BCUT2D eigenvalue weighted by Gasteiger charge is 2.12. The van der Waals surface area contributed by atoms with Gasteiger partial charge in [-0.25, -0.2) is 0 Å². The molecule has 25 heavy (non-hydrogen) atoms. The highest BCUT2D eigenvalue weighted by molar-refractivity contribution is 7.99. The van der Waals surface area contributed by atoms with Crippen molar-refractivity contribution in [3.05, 3.63) is 58.6 Å². The van der Waals surface area contributed by atoms with Crippen LogP contribution in [0.1, 0.15) is 11.1 Å². The second-order valence-corrected chi connectivity index (χ2v) is 6.88. The molecule has 0 atom stereocenters. The average molecular weight is 374 g/mol. The van der Waals surface area contributed by atoms with Gasteiger partial charge in [-0.2, -0.15) is 0 Å². The molecule has 0 fully saturated rings. The Morgan fingerprint density at radius 3 is 2.76 bits per heavy atom. The zero-order chi connectivity index (χ0) is 17.8. The van der Waals surface area contributed by atoms with Crippen LogP contribution >= 0.6 is 23.4 Å². The summed E-state index contributed by atoms with van der Waals surface area (Å²) in [5.41, 5.74) is 3.88. The fourth-order valence-electron chi connectivity index (χ4n) is 2.15. The van der Waals surface area contributed by atoms with Gasteiger partial charge in [-0.3, -0.25) is 4.79 Å². The van der Waals surface area contributed by atoms with Crippen LogP contribution in [-0.2, 0) is 4.79 Å². The minimum Gasteiger partial charge on any atom is -0.411 e. The molecule has 3 rings (SSSR count). The summed E-state index contributed by atoms with van der Waals surface area (Å²) in [6.07, 6.45) is 0. The second kappa shape index (κ2) is 7.72. The molecular weight excluding hydrogens is 358 g/mol. The molecule has 0 unspecified atom stereocenters. The number of nitrogens with zero attached hydrogens (tertiary/aromatic N) is 2. The summed E-state index contributed by atoms with van der Waals surface area (Å²) in [6, 6.07) is 12.9. The third-order valence-corrected chi connectivity index (χ3v) is 4.65. The molecule has 0 aliphatic rings. The van der Waals surface area contributed by atoms with Crippen molar-refractivity contribution in [1.82, 2.24) is 10.2 Å². The van der Waals surface area contributed by atoms with Crippen LogP contribution in [0.4, 0.5) is 5.69 Å². The van der Waals surface area contributed by atoms with Gasteiger partial charge >= 0.3 is 0 Å². The summed E-state index contributed by atoms with van der Waals surface area (Å²) in [5, 5.41) is 11.7. The molecule has 128 valence electrons. The molecule has 1 aromatic heterocycles. The SMILES string of the molecule is Cc1ccc(-c2nnc(SCC(=O)Nc3cccc(Cl)c3)o2)cc1C. The lowest BCUT2D eigenvalue weighted by Crippen LogP contribution is -2.13. The van der Waals surface area contributed by atoms with Crippen LogP contribution in [0.15, 0.2) is 52.1 Å². The number of nitrogens with one attached hydrogen (secondary N) is 1. The van der Waals surface area contributed by atoms with Crippen molar-refractivity contribution in [2.24, 2.45) is 0 Å². The molecule has 5 nitrogen and oxygen atoms in total. The normalized spacial score (nSPS) is 10.7. The Hall–Kier alpha value is -2.31. The maximum absolute atomic E-state index is 12.0. The van der Waals surface area contributed by atoms with Gasteiger partial charge in [-0.15, -0.1) is 10.2 Å². The average Bonchev–Trinajstić information content (AvgIpc) is 3.04. The standard InChI is InChI=1S/C18H16ClN3O2S/c1-11-6-7-13(8-12(11)2)17-21-22-18(24-17)25-10-16(23)20-15-5-3-4-14(19)9-15/h3-9H,10H2,1-2H3,(H,20,23). The third-order valence-electron chi connectivity index (χ3n) is 3.60. The Morgan fingerprint density at radius 2 is 2.00 bits per heavy atom. The molecule has 1 heterocycles. The van der Waals surface area contributed by atoms with E-state index >= 15 is 0 Å². The Bertz CT molecular complexity index is 911. The number of thioether (sulfide) groups is 1. The number of hydrogen-bond acceptors (Lipinski definition) is 5. The number of hydrogen-bond donors (Lipinski definition) is 1. The Morgan fingerprint density at radius 1 is 1.16 bits per heavy atom. The largest absolute Gasteiger partial charge is 0.411 e. The van der Waals surface area contributed by atoms with Crippen molar-refractivity contribution in [3.63, 3.8) is 0 Å². The van der Waals surface area contributed by atoms with Gasteiger partial charge in [0.15, 0.2) is 0 Å². The van der Waals surface area contributed by atoms with Crippen molar-refractivity contribution in [2.45, 2.75) is 19.1 Å². The van der Waals surface area contributed by atoms with Crippen molar-refractivity contribution in [1.29, 1.82) is 0 Å². The van der Waals surface area contributed by atoms with E-state index in [1.807, 2.05) is 32.0 Å². The van der Waals surface area contributed by atoms with Crippen LogP contribution < -0.4 is 5.32 Å². The van der Waals surface area contributed by atoms with Crippen molar-refractivity contribution >= 4 is 35.0 Å². The van der Waals surface area contributed by atoms with Crippen LogP contribution in [0, 0.1) is 13.8 Å². The van der Waals surface area contributed by atoms with E-state index in [0.29, 0.717) is 21.8 Å². The minimum absolute atomic E-state index is 0.168. The smallest absolute Gasteiger partial charge is 0.277 e. The van der Waals surface area contributed by atoms with E-state index in [-0.39, 0.29) is 11.7 Å². The summed E-state index contributed by atoms with van der Waals surface area (Å²) in [7, 11) is 0. The Balaban J connectivity index is 1.59. The monoisotopic (exact) mass is 373 g/mol. The van der Waals surface area contributed by atoms with E-state index in [0.717, 1.165) is 11.1 Å². The molecule has 3 aromatic rings.